The Labute approximate surface area is 178 Å². The van der Waals surface area contributed by atoms with Gasteiger partial charge in [-0.15, -0.1) is 16.9 Å². The van der Waals surface area contributed by atoms with Crippen LogP contribution in [0.5, 0.6) is 0 Å². The lowest BCUT2D eigenvalue weighted by atomic mass is 10.1. The van der Waals surface area contributed by atoms with Gasteiger partial charge in [0.1, 0.15) is 5.82 Å². The molecule has 0 radical (unpaired) electrons. The Morgan fingerprint density at radius 1 is 1.10 bits per heavy atom. The maximum absolute atomic E-state index is 12.9. The highest BCUT2D eigenvalue weighted by Gasteiger charge is 2.16. The number of carbonyl (C=O) groups is 1. The molecular weight excluding hydrogens is 429 g/mol. The van der Waals surface area contributed by atoms with E-state index in [1.165, 1.54) is 12.1 Å². The lowest BCUT2D eigenvalue weighted by Gasteiger charge is -2.04. The van der Waals surface area contributed by atoms with Gasteiger partial charge in [-0.05, 0) is 54.6 Å². The number of hydrogen-bond donors (Lipinski definition) is 1. The molecule has 0 bridgehead atoms. The van der Waals surface area contributed by atoms with Crippen molar-refractivity contribution in [3.8, 4) is 0 Å². The van der Waals surface area contributed by atoms with Crippen molar-refractivity contribution in [2.45, 2.75) is 29.1 Å². The van der Waals surface area contributed by atoms with Gasteiger partial charge in [0.2, 0.25) is 11.8 Å². The highest BCUT2D eigenvalue weighted by Crippen LogP contribution is 2.18. The molecule has 3 aromatic rings. The van der Waals surface area contributed by atoms with Crippen LogP contribution in [0.25, 0.3) is 0 Å². The zero-order valence-corrected chi connectivity index (χ0v) is 17.8. The first-order valence-corrected chi connectivity index (χ1v) is 12.0. The number of carbonyl (C=O) groups excluding carboxylic acids is 1. The highest BCUT2D eigenvalue weighted by molar-refractivity contribution is 7.98. The van der Waals surface area contributed by atoms with E-state index in [9.17, 15) is 17.6 Å². The molecule has 1 heterocycles. The highest BCUT2D eigenvalue weighted by atomic mass is 32.2. The van der Waals surface area contributed by atoms with Crippen LogP contribution in [0.3, 0.4) is 0 Å². The molecule has 0 unspecified atom stereocenters. The van der Waals surface area contributed by atoms with Crippen LogP contribution in [-0.4, -0.2) is 36.5 Å². The lowest BCUT2D eigenvalue weighted by Crippen LogP contribution is -2.14. The zero-order valence-electron chi connectivity index (χ0n) is 16.2. The van der Waals surface area contributed by atoms with Crippen LogP contribution in [0, 0.1) is 5.82 Å². The molecule has 1 N–H and O–H groups in total. The number of aromatic nitrogens is 2. The Balaban J connectivity index is 1.47. The summed E-state index contributed by atoms with van der Waals surface area (Å²) in [6.07, 6.45) is 2.51. The number of halogens is 1. The van der Waals surface area contributed by atoms with E-state index in [1.54, 1.807) is 11.8 Å². The van der Waals surface area contributed by atoms with Crippen LogP contribution in [0.1, 0.15) is 24.3 Å². The van der Waals surface area contributed by atoms with Crippen LogP contribution < -0.4 is 5.32 Å². The van der Waals surface area contributed by atoms with E-state index >= 15 is 0 Å². The minimum atomic E-state index is -3.58. The molecule has 1 aromatic heterocycles. The molecule has 1 amide bonds. The third-order valence-corrected chi connectivity index (χ3v) is 6.78. The molecular formula is C20H20FN3O4S2. The van der Waals surface area contributed by atoms with Gasteiger partial charge < -0.3 is 4.42 Å². The van der Waals surface area contributed by atoms with Crippen molar-refractivity contribution in [1.29, 1.82) is 0 Å². The molecule has 158 valence electrons. The fourth-order valence-corrected chi connectivity index (χ4v) is 4.38. The maximum Gasteiger partial charge on any atom is 0.322 e. The minimum Gasteiger partial charge on any atom is -0.407 e. The molecule has 0 aliphatic heterocycles. The van der Waals surface area contributed by atoms with Gasteiger partial charge >= 0.3 is 6.01 Å². The van der Waals surface area contributed by atoms with E-state index in [2.05, 4.69) is 15.5 Å². The van der Waals surface area contributed by atoms with E-state index in [4.69, 9.17) is 4.42 Å². The smallest absolute Gasteiger partial charge is 0.322 e. The van der Waals surface area contributed by atoms with Crippen molar-refractivity contribution in [1.82, 2.24) is 10.2 Å². The predicted molar refractivity (Wildman–Crippen MR) is 112 cm³/mol. The molecule has 0 atom stereocenters. The largest absolute Gasteiger partial charge is 0.407 e. The summed E-state index contributed by atoms with van der Waals surface area (Å²) in [7, 11) is -3.58. The van der Waals surface area contributed by atoms with Gasteiger partial charge in [0, 0.05) is 11.3 Å². The van der Waals surface area contributed by atoms with Gasteiger partial charge in [-0.3, -0.25) is 10.1 Å². The fourth-order valence-electron chi connectivity index (χ4n) is 2.66. The van der Waals surface area contributed by atoms with Gasteiger partial charge in [0.25, 0.3) is 0 Å². The molecule has 30 heavy (non-hydrogen) atoms. The molecule has 10 heteroatoms. The Morgan fingerprint density at radius 2 is 1.80 bits per heavy atom. The first-order valence-electron chi connectivity index (χ1n) is 9.09. The molecule has 0 saturated carbocycles. The molecule has 0 fully saturated rings. The number of anilines is 1. The van der Waals surface area contributed by atoms with Crippen molar-refractivity contribution in [3.63, 3.8) is 0 Å². The summed E-state index contributed by atoms with van der Waals surface area (Å²) < 4.78 is 42.8. The minimum absolute atomic E-state index is 0.0245. The molecule has 0 saturated heterocycles. The third-order valence-electron chi connectivity index (χ3n) is 4.22. The van der Waals surface area contributed by atoms with Crippen LogP contribution in [0.2, 0.25) is 0 Å². The average Bonchev–Trinajstić information content (AvgIpc) is 3.15. The summed E-state index contributed by atoms with van der Waals surface area (Å²) in [6, 6.07) is 12.5. The van der Waals surface area contributed by atoms with E-state index in [0.717, 1.165) is 22.6 Å². The molecule has 7 nitrogen and oxygen atoms in total. The maximum atomic E-state index is 12.9. The van der Waals surface area contributed by atoms with Gasteiger partial charge in [-0.25, -0.2) is 12.8 Å². The van der Waals surface area contributed by atoms with Gasteiger partial charge in [0.05, 0.1) is 17.1 Å². The summed E-state index contributed by atoms with van der Waals surface area (Å²) in [5.74, 6) is -0.804. The number of amides is 1. The number of nitrogens with zero attached hydrogens (tertiary/aromatic N) is 2. The van der Waals surface area contributed by atoms with E-state index < -0.39 is 21.6 Å². The summed E-state index contributed by atoms with van der Waals surface area (Å²) in [6.45, 7) is 0. The van der Waals surface area contributed by atoms with Gasteiger partial charge in [-0.2, -0.15) is 0 Å². The van der Waals surface area contributed by atoms with Crippen LogP contribution in [-0.2, 0) is 21.1 Å². The normalized spacial score (nSPS) is 11.4. The van der Waals surface area contributed by atoms with Crippen LogP contribution >= 0.6 is 11.8 Å². The number of rotatable bonds is 9. The lowest BCUT2D eigenvalue weighted by molar-refractivity contribution is -0.116. The number of thioether (sulfide) groups is 1. The Morgan fingerprint density at radius 3 is 2.47 bits per heavy atom. The summed E-state index contributed by atoms with van der Waals surface area (Å²) in [5, 5.41) is 10.2. The Kier molecular flexibility index (Phi) is 7.22. The van der Waals surface area contributed by atoms with Crippen molar-refractivity contribution in [2.75, 3.05) is 17.3 Å². The van der Waals surface area contributed by atoms with E-state index in [1.807, 2.05) is 30.5 Å². The van der Waals surface area contributed by atoms with Crippen molar-refractivity contribution < 1.29 is 22.0 Å². The summed E-state index contributed by atoms with van der Waals surface area (Å²) in [5.41, 5.74) is 1.00. The first-order chi connectivity index (χ1) is 14.4. The SMILES string of the molecule is CSc1ccc(Cc2nnc(NC(=O)CCCS(=O)(=O)c3ccc(F)cc3)o2)cc1. The second-order valence-corrected chi connectivity index (χ2v) is 9.44. The Hall–Kier alpha value is -2.72. The first kappa shape index (κ1) is 22.0. The number of hydrogen-bond acceptors (Lipinski definition) is 7. The number of benzene rings is 2. The van der Waals surface area contributed by atoms with Crippen LogP contribution in [0.15, 0.2) is 62.7 Å². The zero-order chi connectivity index (χ0) is 21.6. The average molecular weight is 450 g/mol. The fraction of sp³-hybridized carbons (Fsp3) is 0.250. The molecule has 0 aliphatic rings. The third kappa shape index (κ3) is 6.14. The molecule has 2 aromatic carbocycles. The second-order valence-electron chi connectivity index (χ2n) is 6.45. The Bertz CT molecular complexity index is 1100. The summed E-state index contributed by atoms with van der Waals surface area (Å²) >= 11 is 1.65. The molecule has 0 spiro atoms. The van der Waals surface area contributed by atoms with Crippen molar-refractivity contribution in [2.24, 2.45) is 0 Å². The van der Waals surface area contributed by atoms with E-state index in [0.29, 0.717) is 12.3 Å². The standard InChI is InChI=1S/C20H20FN3O4S2/c1-29-16-8-4-14(5-9-16)13-19-23-24-20(28-19)22-18(25)3-2-12-30(26,27)17-10-6-15(21)7-11-17/h4-11H,2-3,12-13H2,1H3,(H,22,24,25). The topological polar surface area (TPSA) is 102 Å². The molecule has 0 aliphatic carbocycles. The second kappa shape index (κ2) is 9.86. The van der Waals surface area contributed by atoms with Gasteiger partial charge in [0.15, 0.2) is 9.84 Å². The van der Waals surface area contributed by atoms with Crippen LogP contribution in [0.4, 0.5) is 10.4 Å². The van der Waals surface area contributed by atoms with Crippen molar-refractivity contribution >= 4 is 33.5 Å². The predicted octanol–water partition coefficient (Wildman–Crippen LogP) is 3.71. The van der Waals surface area contributed by atoms with E-state index in [-0.39, 0.29) is 29.5 Å². The van der Waals surface area contributed by atoms with Crippen molar-refractivity contribution in [3.05, 3.63) is 65.8 Å². The van der Waals surface area contributed by atoms with Gasteiger partial charge in [-0.1, -0.05) is 17.2 Å². The monoisotopic (exact) mass is 449 g/mol. The number of nitrogens with one attached hydrogen (secondary N) is 1. The molecule has 3 rings (SSSR count). The quantitative estimate of drug-likeness (QED) is 0.392. The summed E-state index contributed by atoms with van der Waals surface area (Å²) in [4.78, 5) is 13.2. The number of sulfone groups is 1.